The molecular formula is C16H15Cl2NO2. The van der Waals surface area contributed by atoms with Crippen LogP contribution in [0.25, 0.3) is 0 Å². The van der Waals surface area contributed by atoms with Gasteiger partial charge in [-0.25, -0.2) is 4.79 Å². The number of anilines is 1. The summed E-state index contributed by atoms with van der Waals surface area (Å²) in [5, 5.41) is 0.383. The first kappa shape index (κ1) is 15.7. The Hall–Kier alpha value is -1.71. The summed E-state index contributed by atoms with van der Waals surface area (Å²) in [7, 11) is 0. The molecule has 0 saturated carbocycles. The molecule has 2 rings (SSSR count). The summed E-state index contributed by atoms with van der Waals surface area (Å²) in [4.78, 5) is 12.0. The zero-order chi connectivity index (χ0) is 15.4. The molecule has 0 aliphatic rings. The van der Waals surface area contributed by atoms with Gasteiger partial charge in [-0.15, -0.1) is 0 Å². The summed E-state index contributed by atoms with van der Waals surface area (Å²) in [6, 6.07) is 10.8. The van der Waals surface area contributed by atoms with Gasteiger partial charge in [-0.1, -0.05) is 54.4 Å². The molecule has 0 aliphatic carbocycles. The minimum absolute atomic E-state index is 0.150. The molecule has 2 aromatic carbocycles. The number of nitrogen functional groups attached to an aromatic ring is 1. The largest absolute Gasteiger partial charge is 0.457 e. The van der Waals surface area contributed by atoms with Crippen molar-refractivity contribution in [1.29, 1.82) is 0 Å². The van der Waals surface area contributed by atoms with Crippen LogP contribution >= 0.6 is 23.2 Å². The monoisotopic (exact) mass is 323 g/mol. The lowest BCUT2D eigenvalue weighted by Gasteiger charge is -2.09. The summed E-state index contributed by atoms with van der Waals surface area (Å²) in [5.41, 5.74) is 8.33. The molecule has 0 atom stereocenters. The molecule has 0 unspecified atom stereocenters. The average molecular weight is 324 g/mol. The van der Waals surface area contributed by atoms with Gasteiger partial charge in [-0.05, 0) is 29.7 Å². The summed E-state index contributed by atoms with van der Waals surface area (Å²) >= 11 is 11.9. The number of carbonyl (C=O) groups is 1. The number of halogens is 2. The lowest BCUT2D eigenvalue weighted by Crippen LogP contribution is -2.07. The Kier molecular flexibility index (Phi) is 5.10. The minimum Gasteiger partial charge on any atom is -0.457 e. The van der Waals surface area contributed by atoms with E-state index in [2.05, 4.69) is 6.92 Å². The third kappa shape index (κ3) is 3.90. The first-order valence-corrected chi connectivity index (χ1v) is 7.26. The van der Waals surface area contributed by atoms with Crippen LogP contribution in [0.15, 0.2) is 36.4 Å². The summed E-state index contributed by atoms with van der Waals surface area (Å²) < 4.78 is 5.24. The van der Waals surface area contributed by atoms with Crippen molar-refractivity contribution in [2.75, 3.05) is 5.73 Å². The molecule has 5 heteroatoms. The van der Waals surface area contributed by atoms with Crippen LogP contribution in [0.1, 0.15) is 28.4 Å². The number of esters is 1. The van der Waals surface area contributed by atoms with Gasteiger partial charge in [-0.3, -0.25) is 0 Å². The SMILES string of the molecule is CCc1ccc(COC(=O)c2cc(N)cc(Cl)c2Cl)cc1. The zero-order valence-corrected chi connectivity index (χ0v) is 13.0. The summed E-state index contributed by atoms with van der Waals surface area (Å²) in [5.74, 6) is -0.547. The molecule has 0 aromatic heterocycles. The minimum atomic E-state index is -0.547. The van der Waals surface area contributed by atoms with Gasteiger partial charge in [0.05, 0.1) is 15.6 Å². The number of benzene rings is 2. The van der Waals surface area contributed by atoms with Crippen molar-refractivity contribution in [2.24, 2.45) is 0 Å². The normalized spacial score (nSPS) is 10.4. The smallest absolute Gasteiger partial charge is 0.340 e. The van der Waals surface area contributed by atoms with Gasteiger partial charge >= 0.3 is 5.97 Å². The van der Waals surface area contributed by atoms with Gasteiger partial charge in [0.2, 0.25) is 0 Å². The second kappa shape index (κ2) is 6.83. The Labute approximate surface area is 133 Å². The number of aryl methyl sites for hydroxylation is 1. The molecule has 0 aliphatic heterocycles. The molecule has 0 radical (unpaired) electrons. The van der Waals surface area contributed by atoms with Crippen LogP contribution in [0.2, 0.25) is 10.0 Å². The first-order valence-electron chi connectivity index (χ1n) is 6.50. The van der Waals surface area contributed by atoms with Crippen LogP contribution in [0.5, 0.6) is 0 Å². The highest BCUT2D eigenvalue weighted by Gasteiger charge is 2.15. The Morgan fingerprint density at radius 3 is 2.38 bits per heavy atom. The maximum Gasteiger partial charge on any atom is 0.340 e. The quantitative estimate of drug-likeness (QED) is 0.666. The van der Waals surface area contributed by atoms with Gasteiger partial charge in [0.25, 0.3) is 0 Å². The van der Waals surface area contributed by atoms with E-state index in [0.717, 1.165) is 12.0 Å². The highest BCUT2D eigenvalue weighted by atomic mass is 35.5. The number of ether oxygens (including phenoxy) is 1. The van der Waals surface area contributed by atoms with Crippen LogP contribution in [-0.2, 0) is 17.8 Å². The Morgan fingerprint density at radius 1 is 1.14 bits per heavy atom. The van der Waals surface area contributed by atoms with E-state index in [0.29, 0.717) is 5.69 Å². The highest BCUT2D eigenvalue weighted by molar-refractivity contribution is 6.44. The second-order valence-corrected chi connectivity index (χ2v) is 5.40. The Morgan fingerprint density at radius 2 is 1.76 bits per heavy atom. The van der Waals surface area contributed by atoms with Crippen molar-refractivity contribution in [3.8, 4) is 0 Å². The fourth-order valence-electron chi connectivity index (χ4n) is 1.86. The van der Waals surface area contributed by atoms with E-state index in [1.807, 2.05) is 24.3 Å². The molecule has 2 aromatic rings. The van der Waals surface area contributed by atoms with Crippen LogP contribution in [0, 0.1) is 0 Å². The van der Waals surface area contributed by atoms with E-state index < -0.39 is 5.97 Å². The van der Waals surface area contributed by atoms with Gasteiger partial charge in [0.1, 0.15) is 6.61 Å². The molecule has 2 N–H and O–H groups in total. The van der Waals surface area contributed by atoms with Gasteiger partial charge in [-0.2, -0.15) is 0 Å². The summed E-state index contributed by atoms with van der Waals surface area (Å²) in [6.45, 7) is 2.26. The lowest BCUT2D eigenvalue weighted by molar-refractivity contribution is 0.0473. The van der Waals surface area contributed by atoms with Crippen LogP contribution in [-0.4, -0.2) is 5.97 Å². The molecule has 0 fully saturated rings. The van der Waals surface area contributed by atoms with E-state index in [1.54, 1.807) is 0 Å². The second-order valence-electron chi connectivity index (χ2n) is 4.61. The maximum atomic E-state index is 12.0. The standard InChI is InChI=1S/C16H15Cl2NO2/c1-2-10-3-5-11(6-4-10)9-21-16(20)13-7-12(19)8-14(17)15(13)18/h3-8H,2,9,19H2,1H3. The first-order chi connectivity index (χ1) is 10.0. The molecule has 0 bridgehead atoms. The average Bonchev–Trinajstić information content (AvgIpc) is 2.49. The van der Waals surface area contributed by atoms with Crippen LogP contribution < -0.4 is 5.73 Å². The zero-order valence-electron chi connectivity index (χ0n) is 11.5. The molecule has 0 spiro atoms. The molecular weight excluding hydrogens is 309 g/mol. The predicted octanol–water partition coefficient (Wildman–Crippen LogP) is 4.50. The van der Waals surface area contributed by atoms with E-state index in [-0.39, 0.29) is 22.2 Å². The van der Waals surface area contributed by atoms with Gasteiger partial charge < -0.3 is 10.5 Å². The molecule has 3 nitrogen and oxygen atoms in total. The maximum absolute atomic E-state index is 12.0. The number of hydrogen-bond donors (Lipinski definition) is 1. The van der Waals surface area contributed by atoms with E-state index in [4.69, 9.17) is 33.7 Å². The number of nitrogens with two attached hydrogens (primary N) is 1. The van der Waals surface area contributed by atoms with E-state index in [9.17, 15) is 4.79 Å². The van der Waals surface area contributed by atoms with Crippen molar-refractivity contribution in [1.82, 2.24) is 0 Å². The third-order valence-corrected chi connectivity index (χ3v) is 3.87. The molecule has 21 heavy (non-hydrogen) atoms. The number of carbonyl (C=O) groups excluding carboxylic acids is 1. The fraction of sp³-hybridized carbons (Fsp3) is 0.188. The molecule has 0 amide bonds. The highest BCUT2D eigenvalue weighted by Crippen LogP contribution is 2.29. The number of hydrogen-bond acceptors (Lipinski definition) is 3. The topological polar surface area (TPSA) is 52.3 Å². The number of rotatable bonds is 4. The predicted molar refractivity (Wildman–Crippen MR) is 85.8 cm³/mol. The van der Waals surface area contributed by atoms with Crippen molar-refractivity contribution in [3.63, 3.8) is 0 Å². The van der Waals surface area contributed by atoms with Crippen molar-refractivity contribution in [3.05, 3.63) is 63.1 Å². The van der Waals surface area contributed by atoms with Crippen molar-refractivity contribution < 1.29 is 9.53 Å². The van der Waals surface area contributed by atoms with Gasteiger partial charge in [0, 0.05) is 5.69 Å². The lowest BCUT2D eigenvalue weighted by atomic mass is 10.1. The Bertz CT molecular complexity index is 654. The van der Waals surface area contributed by atoms with Crippen molar-refractivity contribution in [2.45, 2.75) is 20.0 Å². The molecule has 0 heterocycles. The van der Waals surface area contributed by atoms with E-state index >= 15 is 0 Å². The molecule has 110 valence electrons. The summed E-state index contributed by atoms with van der Waals surface area (Å²) in [6.07, 6.45) is 0.970. The fourth-order valence-corrected chi connectivity index (χ4v) is 2.27. The van der Waals surface area contributed by atoms with E-state index in [1.165, 1.54) is 17.7 Å². The van der Waals surface area contributed by atoms with Crippen LogP contribution in [0.3, 0.4) is 0 Å². The third-order valence-electron chi connectivity index (χ3n) is 3.07. The van der Waals surface area contributed by atoms with Crippen LogP contribution in [0.4, 0.5) is 5.69 Å². The Balaban J connectivity index is 2.08. The van der Waals surface area contributed by atoms with Gasteiger partial charge in [0.15, 0.2) is 0 Å². The van der Waals surface area contributed by atoms with Crippen molar-refractivity contribution >= 4 is 34.9 Å². The molecule has 0 saturated heterocycles.